The van der Waals surface area contributed by atoms with E-state index in [0.29, 0.717) is 26.0 Å². The topological polar surface area (TPSA) is 55.8 Å². The Bertz CT molecular complexity index is 371. The molecular weight excluding hydrogens is 270 g/mol. The highest BCUT2D eigenvalue weighted by molar-refractivity contribution is 5.77. The van der Waals surface area contributed by atoms with Gasteiger partial charge in [-0.15, -0.1) is 0 Å². The van der Waals surface area contributed by atoms with Gasteiger partial charge in [-0.05, 0) is 18.8 Å². The van der Waals surface area contributed by atoms with Crippen LogP contribution in [0.2, 0.25) is 0 Å². The number of hydrogen-bond donors (Lipinski definition) is 0. The van der Waals surface area contributed by atoms with Gasteiger partial charge >= 0.3 is 5.97 Å². The number of methoxy groups -OCH3 is 1. The van der Waals surface area contributed by atoms with Gasteiger partial charge in [-0.3, -0.25) is 9.59 Å². The molecule has 1 saturated carbocycles. The van der Waals surface area contributed by atoms with Crippen LogP contribution in [0.15, 0.2) is 0 Å². The summed E-state index contributed by atoms with van der Waals surface area (Å²) in [7, 11) is 1.38. The lowest BCUT2D eigenvalue weighted by atomic mass is 9.83. The van der Waals surface area contributed by atoms with E-state index in [4.69, 9.17) is 4.74 Å². The van der Waals surface area contributed by atoms with Gasteiger partial charge in [0.1, 0.15) is 0 Å². The highest BCUT2D eigenvalue weighted by Crippen LogP contribution is 2.34. The molecule has 1 heterocycles. The Kier molecular flexibility index (Phi) is 5.62. The van der Waals surface area contributed by atoms with Crippen molar-refractivity contribution in [3.8, 4) is 0 Å². The summed E-state index contributed by atoms with van der Waals surface area (Å²) in [6.07, 6.45) is 6.50. The van der Waals surface area contributed by atoms with Crippen molar-refractivity contribution in [2.24, 2.45) is 5.92 Å². The summed E-state index contributed by atoms with van der Waals surface area (Å²) in [5, 5.41) is 0. The fraction of sp³-hybridized carbons (Fsp3) is 0.875. The third-order valence-corrected chi connectivity index (χ3v) is 4.63. The molecule has 0 bridgehead atoms. The van der Waals surface area contributed by atoms with E-state index in [1.165, 1.54) is 26.4 Å². The van der Waals surface area contributed by atoms with E-state index in [1.54, 1.807) is 0 Å². The molecule has 1 amide bonds. The van der Waals surface area contributed by atoms with E-state index in [1.807, 2.05) is 11.8 Å². The molecule has 0 N–H and O–H groups in total. The number of carbonyl (C=O) groups is 2. The monoisotopic (exact) mass is 297 g/mol. The van der Waals surface area contributed by atoms with E-state index < -0.39 is 0 Å². The minimum Gasteiger partial charge on any atom is -0.469 e. The van der Waals surface area contributed by atoms with Crippen LogP contribution in [0.3, 0.4) is 0 Å². The number of nitrogens with zero attached hydrogens (tertiary/aromatic N) is 1. The lowest BCUT2D eigenvalue weighted by Gasteiger charge is -2.45. The fourth-order valence-electron chi connectivity index (χ4n) is 3.42. The first kappa shape index (κ1) is 16.3. The van der Waals surface area contributed by atoms with Gasteiger partial charge in [0.05, 0.1) is 19.3 Å². The number of rotatable bonds is 4. The number of carbonyl (C=O) groups excluding carboxylic acids is 2. The van der Waals surface area contributed by atoms with E-state index in [-0.39, 0.29) is 23.4 Å². The molecule has 0 aromatic carbocycles. The van der Waals surface area contributed by atoms with Gasteiger partial charge in [-0.1, -0.05) is 26.2 Å². The Labute approximate surface area is 127 Å². The Morgan fingerprint density at radius 3 is 2.62 bits per heavy atom. The second-order valence-electron chi connectivity index (χ2n) is 6.50. The van der Waals surface area contributed by atoms with Gasteiger partial charge in [0.25, 0.3) is 0 Å². The minimum atomic E-state index is -0.249. The van der Waals surface area contributed by atoms with Crippen LogP contribution in [-0.4, -0.2) is 49.2 Å². The largest absolute Gasteiger partial charge is 0.469 e. The quantitative estimate of drug-likeness (QED) is 0.746. The molecule has 5 nitrogen and oxygen atoms in total. The highest BCUT2D eigenvalue weighted by Gasteiger charge is 2.39. The number of morpholine rings is 1. The molecule has 1 aliphatic carbocycles. The van der Waals surface area contributed by atoms with Crippen molar-refractivity contribution in [2.75, 3.05) is 26.8 Å². The Morgan fingerprint density at radius 2 is 1.95 bits per heavy atom. The SMILES string of the molecule is COC(=O)CC(C)CC(=O)N1CCOC2(CCCCC2)C1. The van der Waals surface area contributed by atoms with Crippen LogP contribution in [0.4, 0.5) is 0 Å². The molecule has 0 aromatic heterocycles. The average molecular weight is 297 g/mol. The standard InChI is InChI=1S/C16H27NO4/c1-13(11-15(19)20-2)10-14(18)17-8-9-21-16(12-17)6-4-3-5-7-16/h13H,3-12H2,1-2H3. The number of hydrogen-bond acceptors (Lipinski definition) is 4. The van der Waals surface area contributed by atoms with Crippen molar-refractivity contribution in [1.29, 1.82) is 0 Å². The van der Waals surface area contributed by atoms with Gasteiger partial charge in [0.15, 0.2) is 0 Å². The Morgan fingerprint density at radius 1 is 1.24 bits per heavy atom. The normalized spacial score (nSPS) is 22.9. The summed E-state index contributed by atoms with van der Waals surface area (Å²) in [5.41, 5.74) is -0.0995. The Balaban J connectivity index is 1.85. The van der Waals surface area contributed by atoms with Gasteiger partial charge < -0.3 is 14.4 Å². The van der Waals surface area contributed by atoms with Gasteiger partial charge in [-0.25, -0.2) is 0 Å². The molecule has 5 heteroatoms. The predicted octanol–water partition coefficient (Wildman–Crippen LogP) is 2.14. The van der Waals surface area contributed by atoms with E-state index >= 15 is 0 Å². The number of ether oxygens (including phenoxy) is 2. The second kappa shape index (κ2) is 7.25. The van der Waals surface area contributed by atoms with Crippen LogP contribution in [0.5, 0.6) is 0 Å². The second-order valence-corrected chi connectivity index (χ2v) is 6.50. The summed E-state index contributed by atoms with van der Waals surface area (Å²) in [5.74, 6) is -0.0872. The van der Waals surface area contributed by atoms with Crippen LogP contribution in [0.25, 0.3) is 0 Å². The van der Waals surface area contributed by atoms with Gasteiger partial charge in [0.2, 0.25) is 5.91 Å². The molecular formula is C16H27NO4. The van der Waals surface area contributed by atoms with Gasteiger partial charge in [0, 0.05) is 25.9 Å². The van der Waals surface area contributed by atoms with Crippen LogP contribution < -0.4 is 0 Å². The summed E-state index contributed by atoms with van der Waals surface area (Å²) in [4.78, 5) is 25.6. The molecule has 2 fully saturated rings. The Hall–Kier alpha value is -1.10. The molecule has 1 unspecified atom stereocenters. The first-order valence-electron chi connectivity index (χ1n) is 8.03. The lowest BCUT2D eigenvalue weighted by Crippen LogP contribution is -2.54. The molecule has 2 rings (SSSR count). The zero-order valence-corrected chi connectivity index (χ0v) is 13.2. The van der Waals surface area contributed by atoms with Crippen molar-refractivity contribution in [2.45, 2.75) is 57.5 Å². The van der Waals surface area contributed by atoms with E-state index in [9.17, 15) is 9.59 Å². The van der Waals surface area contributed by atoms with Crippen LogP contribution in [0.1, 0.15) is 51.9 Å². The van der Waals surface area contributed by atoms with E-state index in [0.717, 1.165) is 19.4 Å². The fourth-order valence-corrected chi connectivity index (χ4v) is 3.42. The summed E-state index contributed by atoms with van der Waals surface area (Å²) < 4.78 is 10.7. The number of esters is 1. The molecule has 1 aliphatic heterocycles. The molecule has 1 atom stereocenters. The lowest BCUT2D eigenvalue weighted by molar-refractivity contribution is -0.157. The molecule has 0 radical (unpaired) electrons. The molecule has 0 aromatic rings. The van der Waals surface area contributed by atoms with Crippen molar-refractivity contribution in [3.63, 3.8) is 0 Å². The van der Waals surface area contributed by atoms with Crippen LogP contribution >= 0.6 is 0 Å². The summed E-state index contributed by atoms with van der Waals surface area (Å²) in [6.45, 7) is 3.95. The maximum absolute atomic E-state index is 12.4. The maximum atomic E-state index is 12.4. The summed E-state index contributed by atoms with van der Waals surface area (Å²) in [6, 6.07) is 0. The highest BCUT2D eigenvalue weighted by atomic mass is 16.5. The van der Waals surface area contributed by atoms with Crippen molar-refractivity contribution < 1.29 is 19.1 Å². The van der Waals surface area contributed by atoms with Crippen molar-refractivity contribution in [3.05, 3.63) is 0 Å². The molecule has 2 aliphatic rings. The first-order chi connectivity index (χ1) is 10.0. The molecule has 1 spiro atoms. The third-order valence-electron chi connectivity index (χ3n) is 4.63. The molecule has 120 valence electrons. The zero-order chi connectivity index (χ0) is 15.3. The van der Waals surface area contributed by atoms with Crippen LogP contribution in [0, 0.1) is 5.92 Å². The summed E-state index contributed by atoms with van der Waals surface area (Å²) >= 11 is 0. The predicted molar refractivity (Wildman–Crippen MR) is 78.8 cm³/mol. The van der Waals surface area contributed by atoms with E-state index in [2.05, 4.69) is 4.74 Å². The molecule has 21 heavy (non-hydrogen) atoms. The minimum absolute atomic E-state index is 0.0232. The van der Waals surface area contributed by atoms with Gasteiger partial charge in [-0.2, -0.15) is 0 Å². The third kappa shape index (κ3) is 4.43. The first-order valence-corrected chi connectivity index (χ1v) is 8.03. The zero-order valence-electron chi connectivity index (χ0n) is 13.2. The maximum Gasteiger partial charge on any atom is 0.305 e. The van der Waals surface area contributed by atoms with Crippen LogP contribution in [-0.2, 0) is 19.1 Å². The molecule has 1 saturated heterocycles. The van der Waals surface area contributed by atoms with Crippen molar-refractivity contribution in [1.82, 2.24) is 4.90 Å². The van der Waals surface area contributed by atoms with Crippen molar-refractivity contribution >= 4 is 11.9 Å². The smallest absolute Gasteiger partial charge is 0.305 e. The number of amides is 1. The average Bonchev–Trinajstić information content (AvgIpc) is 2.47.